The van der Waals surface area contributed by atoms with E-state index in [1.54, 1.807) is 11.8 Å². The quantitative estimate of drug-likeness (QED) is 0.301. The van der Waals surface area contributed by atoms with Crippen LogP contribution in [0.15, 0.2) is 0 Å². The Kier molecular flexibility index (Phi) is 12.9. The zero-order chi connectivity index (χ0) is 16.1. The molecule has 0 rings (SSSR count). The summed E-state index contributed by atoms with van der Waals surface area (Å²) >= 11 is 6.98. The molecular formula is C18H37NS2. The molecule has 0 bridgehead atoms. The zero-order valence-corrected chi connectivity index (χ0v) is 16.4. The minimum atomic E-state index is 0.290. The Morgan fingerprint density at radius 3 is 2.00 bits per heavy atom. The smallest absolute Gasteiger partial charge is 0.131 e. The number of hydrogen-bond acceptors (Lipinski definition) is 2. The second kappa shape index (κ2) is 12.8. The Balaban J connectivity index is 4.27. The Bertz CT molecular complexity index is 266. The summed E-state index contributed by atoms with van der Waals surface area (Å²) in [4.78, 5) is 0. The molecule has 1 unspecified atom stereocenters. The second-order valence-electron chi connectivity index (χ2n) is 6.82. The van der Waals surface area contributed by atoms with E-state index in [0.717, 1.165) is 0 Å². The van der Waals surface area contributed by atoms with Crippen LogP contribution in [0.4, 0.5) is 0 Å². The molecule has 1 atom stereocenters. The maximum Gasteiger partial charge on any atom is 0.131 e. The van der Waals surface area contributed by atoms with Gasteiger partial charge in [0.25, 0.3) is 0 Å². The van der Waals surface area contributed by atoms with E-state index in [2.05, 4.69) is 27.7 Å². The van der Waals surface area contributed by atoms with Crippen molar-refractivity contribution in [1.29, 1.82) is 0 Å². The number of thiocarbonyl (C=S) groups is 1. The molecule has 21 heavy (non-hydrogen) atoms. The lowest BCUT2D eigenvalue weighted by molar-refractivity contribution is 0.388. The van der Waals surface area contributed by atoms with Crippen LogP contribution in [-0.2, 0) is 0 Å². The van der Waals surface area contributed by atoms with E-state index in [4.69, 9.17) is 18.0 Å². The van der Waals surface area contributed by atoms with Gasteiger partial charge in [-0.25, -0.2) is 0 Å². The molecule has 0 aliphatic carbocycles. The van der Waals surface area contributed by atoms with Crippen molar-refractivity contribution < 1.29 is 0 Å². The molecule has 0 aromatic rings. The van der Waals surface area contributed by atoms with Crippen LogP contribution < -0.4 is 5.73 Å². The highest BCUT2D eigenvalue weighted by Crippen LogP contribution is 2.41. The lowest BCUT2D eigenvalue weighted by Crippen LogP contribution is -2.30. The molecule has 2 N–H and O–H groups in total. The van der Waals surface area contributed by atoms with Crippen LogP contribution in [-0.4, -0.2) is 9.07 Å². The van der Waals surface area contributed by atoms with Gasteiger partial charge in [0.05, 0.1) is 0 Å². The first-order chi connectivity index (χ1) is 9.95. The number of hydrogen-bond donors (Lipinski definition) is 1. The fourth-order valence-electron chi connectivity index (χ4n) is 3.29. The minimum absolute atomic E-state index is 0.290. The van der Waals surface area contributed by atoms with E-state index >= 15 is 0 Å². The molecule has 0 saturated heterocycles. The molecule has 0 aliphatic rings. The average molecular weight is 332 g/mol. The zero-order valence-electron chi connectivity index (χ0n) is 14.7. The molecule has 0 amide bonds. The summed E-state index contributed by atoms with van der Waals surface area (Å²) in [5, 5.41) is 0. The van der Waals surface area contributed by atoms with E-state index in [1.165, 1.54) is 70.6 Å². The lowest BCUT2D eigenvalue weighted by Gasteiger charge is -2.34. The largest absolute Gasteiger partial charge is 0.385 e. The fraction of sp³-hybridized carbons (Fsp3) is 0.944. The van der Waals surface area contributed by atoms with Gasteiger partial charge in [0, 0.05) is 4.75 Å². The van der Waals surface area contributed by atoms with Gasteiger partial charge in [-0.05, 0) is 25.2 Å². The van der Waals surface area contributed by atoms with Gasteiger partial charge in [0.2, 0.25) is 0 Å². The Hall–Kier alpha value is 0.240. The Morgan fingerprint density at radius 1 is 0.952 bits per heavy atom. The number of nitrogens with two attached hydrogens (primary N) is 1. The summed E-state index contributed by atoms with van der Waals surface area (Å²) in [6.45, 7) is 9.18. The molecule has 3 heteroatoms. The first kappa shape index (κ1) is 21.2. The first-order valence-corrected chi connectivity index (χ1v) is 10.2. The van der Waals surface area contributed by atoms with Crippen molar-refractivity contribution in [2.75, 3.05) is 0 Å². The number of thioether (sulfide) groups is 1. The molecule has 0 aliphatic heterocycles. The standard InChI is InChI=1S/C18H37NS2/c1-5-7-8-9-10-11-12-14-18(13-6-2,15-16(3)4)21-17(19)20/h16H,5-15H2,1-4H3,(H2,19,20). The van der Waals surface area contributed by atoms with Crippen molar-refractivity contribution in [3.8, 4) is 0 Å². The molecule has 0 radical (unpaired) electrons. The molecule has 0 aromatic heterocycles. The van der Waals surface area contributed by atoms with Gasteiger partial charge in [-0.2, -0.15) is 0 Å². The van der Waals surface area contributed by atoms with Crippen molar-refractivity contribution in [2.24, 2.45) is 11.7 Å². The van der Waals surface area contributed by atoms with Gasteiger partial charge in [-0.3, -0.25) is 0 Å². The van der Waals surface area contributed by atoms with Crippen LogP contribution in [0, 0.1) is 5.92 Å². The molecule has 126 valence electrons. The molecule has 1 nitrogen and oxygen atoms in total. The third kappa shape index (κ3) is 11.5. The summed E-state index contributed by atoms with van der Waals surface area (Å²) in [7, 11) is 0. The van der Waals surface area contributed by atoms with Crippen LogP contribution in [0.5, 0.6) is 0 Å². The maximum atomic E-state index is 5.86. The van der Waals surface area contributed by atoms with Crippen LogP contribution >= 0.6 is 24.0 Å². The van der Waals surface area contributed by atoms with Crippen molar-refractivity contribution in [2.45, 2.75) is 103 Å². The summed E-state index contributed by atoms with van der Waals surface area (Å²) < 4.78 is 0.921. The van der Waals surface area contributed by atoms with Gasteiger partial charge in [0.15, 0.2) is 0 Å². The normalized spacial score (nSPS) is 14.3. The van der Waals surface area contributed by atoms with Crippen molar-refractivity contribution in [1.82, 2.24) is 0 Å². The Morgan fingerprint density at radius 2 is 1.52 bits per heavy atom. The highest BCUT2D eigenvalue weighted by Gasteiger charge is 2.31. The summed E-state index contributed by atoms with van der Waals surface area (Å²) in [5.74, 6) is 0.711. The third-order valence-corrected chi connectivity index (χ3v) is 5.50. The predicted octanol–water partition coefficient (Wildman–Crippen LogP) is 6.69. The molecular weight excluding hydrogens is 294 g/mol. The summed E-state index contributed by atoms with van der Waals surface area (Å²) in [6, 6.07) is 0. The van der Waals surface area contributed by atoms with Gasteiger partial charge in [-0.1, -0.05) is 103 Å². The molecule has 0 fully saturated rings. The SMILES string of the molecule is CCCCCCCCCC(CCC)(CC(C)C)SC(N)=S. The monoisotopic (exact) mass is 331 g/mol. The highest BCUT2D eigenvalue weighted by atomic mass is 32.2. The molecule has 0 aromatic carbocycles. The summed E-state index contributed by atoms with van der Waals surface area (Å²) in [6.07, 6.45) is 14.6. The van der Waals surface area contributed by atoms with Crippen LogP contribution in [0.25, 0.3) is 0 Å². The second-order valence-corrected chi connectivity index (χ2v) is 9.03. The van der Waals surface area contributed by atoms with Crippen LogP contribution in [0.1, 0.15) is 98.3 Å². The van der Waals surface area contributed by atoms with Crippen molar-refractivity contribution in [3.05, 3.63) is 0 Å². The van der Waals surface area contributed by atoms with E-state index in [0.29, 0.717) is 10.2 Å². The topological polar surface area (TPSA) is 26.0 Å². The molecule has 0 spiro atoms. The highest BCUT2D eigenvalue weighted by molar-refractivity contribution is 8.23. The van der Waals surface area contributed by atoms with Crippen molar-refractivity contribution >= 4 is 28.3 Å². The van der Waals surface area contributed by atoms with Crippen LogP contribution in [0.3, 0.4) is 0 Å². The van der Waals surface area contributed by atoms with E-state index in [9.17, 15) is 0 Å². The maximum absolute atomic E-state index is 5.86. The van der Waals surface area contributed by atoms with E-state index < -0.39 is 0 Å². The van der Waals surface area contributed by atoms with Crippen molar-refractivity contribution in [3.63, 3.8) is 0 Å². The summed E-state index contributed by atoms with van der Waals surface area (Å²) in [5.41, 5.74) is 5.86. The Labute approximate surface area is 143 Å². The molecule has 0 heterocycles. The van der Waals surface area contributed by atoms with Crippen LogP contribution in [0.2, 0.25) is 0 Å². The lowest BCUT2D eigenvalue weighted by atomic mass is 9.87. The van der Waals surface area contributed by atoms with Gasteiger partial charge >= 0.3 is 0 Å². The predicted molar refractivity (Wildman–Crippen MR) is 104 cm³/mol. The third-order valence-electron chi connectivity index (χ3n) is 4.04. The average Bonchev–Trinajstić information content (AvgIpc) is 2.36. The first-order valence-electron chi connectivity index (χ1n) is 8.94. The molecule has 0 saturated carbocycles. The van der Waals surface area contributed by atoms with E-state index in [1.807, 2.05) is 0 Å². The van der Waals surface area contributed by atoms with Gasteiger partial charge < -0.3 is 5.73 Å². The number of unbranched alkanes of at least 4 members (excludes halogenated alkanes) is 6. The van der Waals surface area contributed by atoms with E-state index in [-0.39, 0.29) is 4.75 Å². The number of rotatable bonds is 13. The minimum Gasteiger partial charge on any atom is -0.385 e. The van der Waals surface area contributed by atoms with Gasteiger partial charge in [0.1, 0.15) is 4.32 Å². The van der Waals surface area contributed by atoms with Gasteiger partial charge in [-0.15, -0.1) is 0 Å². The fourth-order valence-corrected chi connectivity index (χ4v) is 5.22.